The lowest BCUT2D eigenvalue weighted by molar-refractivity contribution is -0.489. The zero-order chi connectivity index (χ0) is 26.7. The van der Waals surface area contributed by atoms with Gasteiger partial charge in [-0.05, 0) is 43.6 Å². The normalized spacial score (nSPS) is 24.8. The first-order valence-corrected chi connectivity index (χ1v) is 13.5. The highest BCUT2D eigenvalue weighted by Crippen LogP contribution is 2.52. The number of hydrogen-bond acceptors (Lipinski definition) is 6. The second-order valence-corrected chi connectivity index (χ2v) is 10.3. The molecule has 1 aliphatic heterocycles. The number of nitro groups is 1. The first kappa shape index (κ1) is 29.0. The van der Waals surface area contributed by atoms with Crippen molar-refractivity contribution in [2.45, 2.75) is 76.1 Å². The van der Waals surface area contributed by atoms with Gasteiger partial charge in [0, 0.05) is 29.6 Å². The standard InChI is InChI=1S/C29H41NO7/c1-2-3-11-17-28(33,24-12-7-6-8-13-24)18-16-25-23(22-30(34)35)21-29(36-19-20-37-29)26(25)14-9-4-5-10-15-27(31)32/h4,6-9,12-13,16,18,23,25-26,33H,2-3,5,10-11,14-15,17,19-22H2,1H3,(H,31,32). The van der Waals surface area contributed by atoms with Crippen LogP contribution in [0.15, 0.2) is 54.6 Å². The minimum atomic E-state index is -1.17. The molecule has 0 amide bonds. The number of carbonyl (C=O) groups is 1. The largest absolute Gasteiger partial charge is 0.481 e. The Kier molecular flexibility index (Phi) is 10.9. The number of rotatable bonds is 15. The van der Waals surface area contributed by atoms with E-state index in [1.807, 2.05) is 54.6 Å². The van der Waals surface area contributed by atoms with Crippen molar-refractivity contribution in [3.8, 4) is 0 Å². The van der Waals surface area contributed by atoms with Crippen molar-refractivity contribution in [3.05, 3.63) is 70.3 Å². The third-order valence-electron chi connectivity index (χ3n) is 7.63. The highest BCUT2D eigenvalue weighted by Gasteiger charge is 2.57. The monoisotopic (exact) mass is 515 g/mol. The lowest BCUT2D eigenvalue weighted by Gasteiger charge is -2.31. The molecule has 8 nitrogen and oxygen atoms in total. The summed E-state index contributed by atoms with van der Waals surface area (Å²) in [5, 5.41) is 32.2. The Morgan fingerprint density at radius 1 is 1.19 bits per heavy atom. The van der Waals surface area contributed by atoms with Gasteiger partial charge in [0.25, 0.3) is 0 Å². The van der Waals surface area contributed by atoms with Gasteiger partial charge in [-0.15, -0.1) is 0 Å². The first-order chi connectivity index (χ1) is 17.8. The molecule has 37 heavy (non-hydrogen) atoms. The van der Waals surface area contributed by atoms with E-state index in [0.717, 1.165) is 24.8 Å². The zero-order valence-corrected chi connectivity index (χ0v) is 21.8. The summed E-state index contributed by atoms with van der Waals surface area (Å²) in [6.07, 6.45) is 13.6. The molecule has 8 heteroatoms. The summed E-state index contributed by atoms with van der Waals surface area (Å²) in [6, 6.07) is 9.57. The van der Waals surface area contributed by atoms with Crippen LogP contribution in [0.3, 0.4) is 0 Å². The zero-order valence-electron chi connectivity index (χ0n) is 21.8. The molecule has 3 rings (SSSR count). The van der Waals surface area contributed by atoms with E-state index in [2.05, 4.69) is 6.92 Å². The maximum Gasteiger partial charge on any atom is 0.303 e. The summed E-state index contributed by atoms with van der Waals surface area (Å²) in [5.74, 6) is -2.34. The average molecular weight is 516 g/mol. The van der Waals surface area contributed by atoms with Crippen LogP contribution in [0.25, 0.3) is 0 Å². The molecule has 4 unspecified atom stereocenters. The molecule has 2 aliphatic rings. The Morgan fingerprint density at radius 2 is 1.92 bits per heavy atom. The Bertz CT molecular complexity index is 925. The maximum atomic E-state index is 11.8. The van der Waals surface area contributed by atoms with Crippen LogP contribution in [-0.4, -0.2) is 46.7 Å². The van der Waals surface area contributed by atoms with Crippen LogP contribution in [0, 0.1) is 27.9 Å². The van der Waals surface area contributed by atoms with Crippen molar-refractivity contribution in [1.82, 2.24) is 0 Å². The lowest BCUT2D eigenvalue weighted by Crippen LogP contribution is -2.36. The summed E-state index contributed by atoms with van der Waals surface area (Å²) in [5.41, 5.74) is -0.357. The molecule has 0 aromatic heterocycles. The maximum absolute atomic E-state index is 11.8. The van der Waals surface area contributed by atoms with Crippen LogP contribution in [-0.2, 0) is 19.9 Å². The number of carboxylic acid groups (broad SMARTS) is 1. The van der Waals surface area contributed by atoms with Crippen molar-refractivity contribution in [2.75, 3.05) is 19.8 Å². The van der Waals surface area contributed by atoms with Gasteiger partial charge in [0.15, 0.2) is 5.79 Å². The van der Waals surface area contributed by atoms with E-state index in [9.17, 15) is 20.0 Å². The number of unbranched alkanes of at least 4 members (excludes halogenated alkanes) is 3. The van der Waals surface area contributed by atoms with Gasteiger partial charge in [0.1, 0.15) is 5.60 Å². The lowest BCUT2D eigenvalue weighted by atomic mass is 9.82. The molecule has 1 saturated carbocycles. The number of ether oxygens (including phenoxy) is 2. The van der Waals surface area contributed by atoms with Crippen LogP contribution >= 0.6 is 0 Å². The highest BCUT2D eigenvalue weighted by atomic mass is 16.7. The van der Waals surface area contributed by atoms with Crippen molar-refractivity contribution in [3.63, 3.8) is 0 Å². The summed E-state index contributed by atoms with van der Waals surface area (Å²) in [4.78, 5) is 22.1. The first-order valence-electron chi connectivity index (χ1n) is 13.5. The second kappa shape index (κ2) is 13.8. The third-order valence-corrected chi connectivity index (χ3v) is 7.63. The molecule has 1 heterocycles. The fourth-order valence-corrected chi connectivity index (χ4v) is 5.78. The summed E-state index contributed by atoms with van der Waals surface area (Å²) < 4.78 is 12.2. The number of hydrogen-bond donors (Lipinski definition) is 2. The van der Waals surface area contributed by atoms with Crippen LogP contribution in [0.4, 0.5) is 0 Å². The minimum Gasteiger partial charge on any atom is -0.481 e. The van der Waals surface area contributed by atoms with Gasteiger partial charge < -0.3 is 19.7 Å². The van der Waals surface area contributed by atoms with E-state index < -0.39 is 17.4 Å². The Labute approximate surface area is 219 Å². The minimum absolute atomic E-state index is 0.121. The van der Waals surface area contributed by atoms with Crippen LogP contribution in [0.1, 0.15) is 70.3 Å². The van der Waals surface area contributed by atoms with Gasteiger partial charge in [-0.1, -0.05) is 74.4 Å². The van der Waals surface area contributed by atoms with E-state index >= 15 is 0 Å². The quantitative estimate of drug-likeness (QED) is 0.137. The predicted molar refractivity (Wildman–Crippen MR) is 140 cm³/mol. The van der Waals surface area contributed by atoms with Crippen molar-refractivity contribution in [2.24, 2.45) is 17.8 Å². The summed E-state index contributed by atoms with van der Waals surface area (Å²) in [7, 11) is 0. The van der Waals surface area contributed by atoms with E-state index in [0.29, 0.717) is 45.3 Å². The molecule has 0 bridgehead atoms. The predicted octanol–water partition coefficient (Wildman–Crippen LogP) is 5.48. The highest BCUT2D eigenvalue weighted by molar-refractivity contribution is 5.66. The molecule has 204 valence electrons. The van der Waals surface area contributed by atoms with E-state index in [4.69, 9.17) is 14.6 Å². The van der Waals surface area contributed by atoms with Gasteiger partial charge >= 0.3 is 5.97 Å². The SMILES string of the molecule is CCCCCC(O)(C=CC1C(C[N+](=O)[O-])CC2(OCCO2)C1CC=CCCCC(=O)O)c1ccccc1. The van der Waals surface area contributed by atoms with Gasteiger partial charge in [-0.2, -0.15) is 0 Å². The molecule has 1 aromatic rings. The molecular weight excluding hydrogens is 474 g/mol. The number of allylic oxidation sites excluding steroid dienone is 3. The smallest absolute Gasteiger partial charge is 0.303 e. The molecule has 0 radical (unpaired) electrons. The fraction of sp³-hybridized carbons (Fsp3) is 0.621. The van der Waals surface area contributed by atoms with E-state index in [1.54, 1.807) is 0 Å². The van der Waals surface area contributed by atoms with Gasteiger partial charge in [-0.3, -0.25) is 14.9 Å². The number of carboxylic acids is 1. The third kappa shape index (κ3) is 7.97. The molecule has 1 aliphatic carbocycles. The Morgan fingerprint density at radius 3 is 2.57 bits per heavy atom. The van der Waals surface area contributed by atoms with Crippen LogP contribution in [0.2, 0.25) is 0 Å². The average Bonchev–Trinajstić information content (AvgIpc) is 3.44. The topological polar surface area (TPSA) is 119 Å². The van der Waals surface area contributed by atoms with Crippen molar-refractivity contribution < 1.29 is 29.4 Å². The number of benzene rings is 1. The second-order valence-electron chi connectivity index (χ2n) is 10.3. The van der Waals surface area contributed by atoms with Crippen LogP contribution in [0.5, 0.6) is 0 Å². The Balaban J connectivity index is 1.87. The van der Waals surface area contributed by atoms with E-state index in [-0.39, 0.29) is 35.6 Å². The Hall–Kier alpha value is -2.55. The van der Waals surface area contributed by atoms with Crippen molar-refractivity contribution in [1.29, 1.82) is 0 Å². The van der Waals surface area contributed by atoms with Gasteiger partial charge in [0.2, 0.25) is 6.54 Å². The molecule has 1 saturated heterocycles. The number of aliphatic hydroxyl groups is 1. The molecule has 4 atom stereocenters. The summed E-state index contributed by atoms with van der Waals surface area (Å²) in [6.45, 7) is 2.83. The molecule has 1 aromatic carbocycles. The molecule has 1 spiro atoms. The number of aliphatic carboxylic acids is 1. The van der Waals surface area contributed by atoms with Gasteiger partial charge in [0.05, 0.1) is 13.2 Å². The van der Waals surface area contributed by atoms with Crippen molar-refractivity contribution >= 4 is 5.97 Å². The molecule has 2 N–H and O–H groups in total. The van der Waals surface area contributed by atoms with E-state index in [1.165, 1.54) is 0 Å². The fourth-order valence-electron chi connectivity index (χ4n) is 5.78. The number of nitrogens with zero attached hydrogens (tertiary/aromatic N) is 1. The van der Waals surface area contributed by atoms with Gasteiger partial charge in [-0.25, -0.2) is 0 Å². The van der Waals surface area contributed by atoms with Crippen LogP contribution < -0.4 is 0 Å². The summed E-state index contributed by atoms with van der Waals surface area (Å²) >= 11 is 0. The molecular formula is C29H41NO7. The molecule has 2 fully saturated rings.